The van der Waals surface area contributed by atoms with Crippen LogP contribution in [-0.2, 0) is 0 Å². The van der Waals surface area contributed by atoms with Crippen LogP contribution >= 0.6 is 0 Å². The van der Waals surface area contributed by atoms with Crippen molar-refractivity contribution in [3.63, 3.8) is 0 Å². The van der Waals surface area contributed by atoms with E-state index in [1.165, 1.54) is 54.7 Å². The number of anilines is 2. The largest absolute Gasteiger partial charge is 0.322 e. The number of allylic oxidation sites excluding steroid dienone is 2. The predicted molar refractivity (Wildman–Crippen MR) is 111 cm³/mol. The quantitative estimate of drug-likeness (QED) is 0.627. The van der Waals surface area contributed by atoms with Crippen LogP contribution in [0.1, 0.15) is 51.5 Å². The number of aryl methyl sites for hydroxylation is 1. The summed E-state index contributed by atoms with van der Waals surface area (Å²) < 4.78 is 0. The molecule has 0 amide bonds. The summed E-state index contributed by atoms with van der Waals surface area (Å²) in [5.74, 6) is 0.681. The molecule has 2 nitrogen and oxygen atoms in total. The Morgan fingerprint density at radius 1 is 0.769 bits per heavy atom. The molecular weight excluding hydrogens is 316 g/mol. The Kier molecular flexibility index (Phi) is 4.76. The van der Waals surface area contributed by atoms with E-state index in [1.807, 2.05) is 0 Å². The van der Waals surface area contributed by atoms with Gasteiger partial charge in [-0.25, -0.2) is 0 Å². The Labute approximate surface area is 158 Å². The van der Waals surface area contributed by atoms with Crippen molar-refractivity contribution in [3.05, 3.63) is 71.6 Å². The minimum absolute atomic E-state index is 0.301. The molecular formula is C24H30N2. The van der Waals surface area contributed by atoms with Crippen molar-refractivity contribution in [1.29, 1.82) is 0 Å². The maximum absolute atomic E-state index is 2.60. The molecule has 0 spiro atoms. The van der Waals surface area contributed by atoms with Crippen LogP contribution in [0, 0.1) is 12.8 Å². The number of hydrogen-bond donors (Lipinski definition) is 0. The van der Waals surface area contributed by atoms with E-state index in [2.05, 4.69) is 85.2 Å². The van der Waals surface area contributed by atoms with E-state index in [4.69, 9.17) is 0 Å². The fourth-order valence-electron chi connectivity index (χ4n) is 4.92. The zero-order valence-corrected chi connectivity index (χ0v) is 16.3. The molecule has 1 aliphatic carbocycles. The molecule has 2 heteroatoms. The van der Waals surface area contributed by atoms with Gasteiger partial charge in [-0.1, -0.05) is 55.7 Å². The summed E-state index contributed by atoms with van der Waals surface area (Å²) in [6.45, 7) is 6.90. The lowest BCUT2D eigenvalue weighted by Crippen LogP contribution is -2.39. The van der Waals surface area contributed by atoms with E-state index in [0.717, 1.165) is 0 Å². The van der Waals surface area contributed by atoms with Crippen molar-refractivity contribution < 1.29 is 0 Å². The molecule has 4 rings (SSSR count). The first-order chi connectivity index (χ1) is 12.7. The van der Waals surface area contributed by atoms with E-state index in [9.17, 15) is 0 Å². The van der Waals surface area contributed by atoms with Gasteiger partial charge < -0.3 is 9.80 Å². The van der Waals surface area contributed by atoms with Gasteiger partial charge in [0.1, 0.15) is 6.17 Å². The van der Waals surface area contributed by atoms with Crippen molar-refractivity contribution >= 4 is 11.4 Å². The third kappa shape index (κ3) is 2.92. The monoisotopic (exact) mass is 346 g/mol. The van der Waals surface area contributed by atoms with Crippen LogP contribution in [0.2, 0.25) is 0 Å². The molecule has 1 saturated carbocycles. The highest BCUT2D eigenvalue weighted by atomic mass is 15.4. The van der Waals surface area contributed by atoms with E-state index < -0.39 is 0 Å². The first kappa shape index (κ1) is 17.2. The van der Waals surface area contributed by atoms with Gasteiger partial charge in [0.2, 0.25) is 0 Å². The SMILES string of the molecule is CC1=C(C2CCCCC2)N(c2ccccc2)C(C)N1c1ccccc1C. The summed E-state index contributed by atoms with van der Waals surface area (Å²) in [6.07, 6.45) is 7.07. The predicted octanol–water partition coefficient (Wildman–Crippen LogP) is 6.48. The molecule has 1 aliphatic heterocycles. The summed E-state index contributed by atoms with van der Waals surface area (Å²) in [7, 11) is 0. The summed E-state index contributed by atoms with van der Waals surface area (Å²) in [5, 5.41) is 0. The van der Waals surface area contributed by atoms with Crippen molar-refractivity contribution in [2.24, 2.45) is 5.92 Å². The van der Waals surface area contributed by atoms with Crippen molar-refractivity contribution in [2.45, 2.75) is 59.0 Å². The Hall–Kier alpha value is -2.22. The molecule has 2 aromatic rings. The number of rotatable bonds is 3. The normalized spacial score (nSPS) is 21.6. The zero-order valence-electron chi connectivity index (χ0n) is 16.3. The van der Waals surface area contributed by atoms with Gasteiger partial charge in [-0.05, 0) is 57.4 Å². The Balaban J connectivity index is 1.82. The molecule has 1 heterocycles. The van der Waals surface area contributed by atoms with Gasteiger partial charge in [-0.15, -0.1) is 0 Å². The van der Waals surface area contributed by atoms with E-state index in [-0.39, 0.29) is 0 Å². The first-order valence-electron chi connectivity index (χ1n) is 10.1. The second-order valence-corrected chi connectivity index (χ2v) is 7.80. The van der Waals surface area contributed by atoms with E-state index >= 15 is 0 Å². The van der Waals surface area contributed by atoms with Crippen LogP contribution in [0.3, 0.4) is 0 Å². The molecule has 136 valence electrons. The molecule has 26 heavy (non-hydrogen) atoms. The van der Waals surface area contributed by atoms with Gasteiger partial charge in [0.15, 0.2) is 0 Å². The van der Waals surface area contributed by atoms with Crippen LogP contribution in [0.15, 0.2) is 66.0 Å². The van der Waals surface area contributed by atoms with Crippen LogP contribution < -0.4 is 9.80 Å². The van der Waals surface area contributed by atoms with Gasteiger partial charge in [0, 0.05) is 28.7 Å². The minimum atomic E-state index is 0.301. The molecule has 0 radical (unpaired) electrons. The van der Waals surface area contributed by atoms with Gasteiger partial charge in [-0.2, -0.15) is 0 Å². The maximum Gasteiger partial charge on any atom is 0.108 e. The number of hydrogen-bond acceptors (Lipinski definition) is 2. The molecule has 1 atom stereocenters. The van der Waals surface area contributed by atoms with Crippen LogP contribution in [0.4, 0.5) is 11.4 Å². The third-order valence-corrected chi connectivity index (χ3v) is 6.14. The second kappa shape index (κ2) is 7.19. The molecule has 2 aliphatic rings. The number of nitrogens with zero attached hydrogens (tertiary/aromatic N) is 2. The molecule has 1 unspecified atom stereocenters. The average molecular weight is 347 g/mol. The van der Waals surface area contributed by atoms with E-state index in [0.29, 0.717) is 12.1 Å². The summed E-state index contributed by atoms with van der Waals surface area (Å²) in [5.41, 5.74) is 6.98. The Bertz CT molecular complexity index is 787. The molecule has 0 bridgehead atoms. The standard InChI is InChI=1S/C24H30N2/c1-18-12-10-11-17-23(18)25-19(2)24(21-13-6-4-7-14-21)26(20(25)3)22-15-8-5-9-16-22/h5,8-12,15-17,20-21H,4,6-7,13-14H2,1-3H3. The highest BCUT2D eigenvalue weighted by Gasteiger charge is 2.39. The summed E-state index contributed by atoms with van der Waals surface area (Å²) in [4.78, 5) is 5.14. The average Bonchev–Trinajstić information content (AvgIpc) is 2.94. The number of para-hydroxylation sites is 2. The summed E-state index contributed by atoms with van der Waals surface area (Å²) >= 11 is 0. The maximum atomic E-state index is 2.60. The highest BCUT2D eigenvalue weighted by Crippen LogP contribution is 2.44. The van der Waals surface area contributed by atoms with Crippen LogP contribution in [0.25, 0.3) is 0 Å². The minimum Gasteiger partial charge on any atom is -0.322 e. The first-order valence-corrected chi connectivity index (χ1v) is 10.1. The molecule has 1 fully saturated rings. The van der Waals surface area contributed by atoms with Gasteiger partial charge in [0.05, 0.1) is 0 Å². The van der Waals surface area contributed by atoms with Gasteiger partial charge in [-0.3, -0.25) is 0 Å². The Morgan fingerprint density at radius 2 is 1.42 bits per heavy atom. The molecule has 2 aromatic carbocycles. The molecule has 0 N–H and O–H groups in total. The van der Waals surface area contributed by atoms with Crippen LogP contribution in [0.5, 0.6) is 0 Å². The van der Waals surface area contributed by atoms with Crippen molar-refractivity contribution in [1.82, 2.24) is 0 Å². The van der Waals surface area contributed by atoms with Gasteiger partial charge >= 0.3 is 0 Å². The lowest BCUT2D eigenvalue weighted by atomic mass is 9.85. The van der Waals surface area contributed by atoms with E-state index in [1.54, 1.807) is 5.70 Å². The fraction of sp³-hybridized carbons (Fsp3) is 0.417. The number of benzene rings is 2. The second-order valence-electron chi connectivity index (χ2n) is 7.80. The lowest BCUT2D eigenvalue weighted by Gasteiger charge is -2.35. The summed E-state index contributed by atoms with van der Waals surface area (Å²) in [6, 6.07) is 19.7. The smallest absolute Gasteiger partial charge is 0.108 e. The Morgan fingerprint density at radius 3 is 2.12 bits per heavy atom. The fourth-order valence-corrected chi connectivity index (χ4v) is 4.92. The van der Waals surface area contributed by atoms with Crippen LogP contribution in [-0.4, -0.2) is 6.17 Å². The highest BCUT2D eigenvalue weighted by molar-refractivity contribution is 5.68. The lowest BCUT2D eigenvalue weighted by molar-refractivity contribution is 0.395. The van der Waals surface area contributed by atoms with Gasteiger partial charge in [0.25, 0.3) is 0 Å². The van der Waals surface area contributed by atoms with Crippen molar-refractivity contribution in [3.8, 4) is 0 Å². The third-order valence-electron chi connectivity index (χ3n) is 6.14. The topological polar surface area (TPSA) is 6.48 Å². The van der Waals surface area contributed by atoms with Crippen molar-refractivity contribution in [2.75, 3.05) is 9.80 Å². The molecule has 0 aromatic heterocycles. The molecule has 0 saturated heterocycles. The zero-order chi connectivity index (χ0) is 18.1.